The largest absolute Gasteiger partial charge is 0.315 e. The SMILES string of the molecule is CCC(CNCC(C)C)N1CCC(N(C)C)CC1. The van der Waals surface area contributed by atoms with Gasteiger partial charge in [0.1, 0.15) is 0 Å². The van der Waals surface area contributed by atoms with E-state index in [1.54, 1.807) is 0 Å². The van der Waals surface area contributed by atoms with Gasteiger partial charge in [-0.05, 0) is 58.9 Å². The van der Waals surface area contributed by atoms with E-state index in [9.17, 15) is 0 Å². The number of hydrogen-bond acceptors (Lipinski definition) is 3. The molecule has 108 valence electrons. The lowest BCUT2D eigenvalue weighted by Crippen LogP contribution is -2.49. The van der Waals surface area contributed by atoms with Gasteiger partial charge >= 0.3 is 0 Å². The van der Waals surface area contributed by atoms with Crippen LogP contribution in [0.15, 0.2) is 0 Å². The molecule has 0 aromatic rings. The topological polar surface area (TPSA) is 18.5 Å². The molecule has 1 fully saturated rings. The zero-order valence-electron chi connectivity index (χ0n) is 13.1. The molecular weight excluding hydrogens is 222 g/mol. The van der Waals surface area contributed by atoms with E-state index in [1.165, 1.54) is 32.4 Å². The Morgan fingerprint density at radius 1 is 1.17 bits per heavy atom. The molecule has 0 aromatic heterocycles. The number of likely N-dealkylation sites (tertiary alicyclic amines) is 1. The summed E-state index contributed by atoms with van der Waals surface area (Å²) < 4.78 is 0. The zero-order chi connectivity index (χ0) is 13.5. The first-order valence-corrected chi connectivity index (χ1v) is 7.65. The van der Waals surface area contributed by atoms with Crippen LogP contribution in [0, 0.1) is 5.92 Å². The summed E-state index contributed by atoms with van der Waals surface area (Å²) in [5.74, 6) is 0.752. The smallest absolute Gasteiger partial charge is 0.0218 e. The Morgan fingerprint density at radius 3 is 2.22 bits per heavy atom. The summed E-state index contributed by atoms with van der Waals surface area (Å²) in [7, 11) is 4.42. The van der Waals surface area contributed by atoms with E-state index >= 15 is 0 Å². The van der Waals surface area contributed by atoms with Gasteiger partial charge in [0.15, 0.2) is 0 Å². The van der Waals surface area contributed by atoms with Gasteiger partial charge in [0.2, 0.25) is 0 Å². The highest BCUT2D eigenvalue weighted by atomic mass is 15.2. The molecule has 1 heterocycles. The Hall–Kier alpha value is -0.120. The van der Waals surface area contributed by atoms with Crippen LogP contribution in [0.1, 0.15) is 40.0 Å². The highest BCUT2D eigenvalue weighted by Gasteiger charge is 2.24. The predicted octanol–water partition coefficient (Wildman–Crippen LogP) is 2.04. The van der Waals surface area contributed by atoms with Gasteiger partial charge in [-0.15, -0.1) is 0 Å². The van der Waals surface area contributed by atoms with Crippen molar-refractivity contribution in [3.63, 3.8) is 0 Å². The number of piperidine rings is 1. The Morgan fingerprint density at radius 2 is 1.78 bits per heavy atom. The molecule has 1 rings (SSSR count). The highest BCUT2D eigenvalue weighted by molar-refractivity contribution is 4.82. The van der Waals surface area contributed by atoms with Crippen molar-refractivity contribution in [2.24, 2.45) is 5.92 Å². The maximum absolute atomic E-state index is 3.62. The van der Waals surface area contributed by atoms with Crippen LogP contribution in [-0.4, -0.2) is 62.2 Å². The van der Waals surface area contributed by atoms with Gasteiger partial charge in [-0.1, -0.05) is 20.8 Å². The van der Waals surface area contributed by atoms with Crippen LogP contribution in [0.25, 0.3) is 0 Å². The first-order valence-electron chi connectivity index (χ1n) is 7.65. The maximum Gasteiger partial charge on any atom is 0.0218 e. The zero-order valence-corrected chi connectivity index (χ0v) is 13.1. The Bertz CT molecular complexity index is 205. The predicted molar refractivity (Wildman–Crippen MR) is 80.1 cm³/mol. The fourth-order valence-electron chi connectivity index (χ4n) is 2.84. The number of rotatable bonds is 7. The van der Waals surface area contributed by atoms with Crippen molar-refractivity contribution < 1.29 is 0 Å². The summed E-state index contributed by atoms with van der Waals surface area (Å²) in [4.78, 5) is 5.07. The second-order valence-electron chi connectivity index (χ2n) is 6.34. The molecule has 0 spiro atoms. The van der Waals surface area contributed by atoms with Gasteiger partial charge in [0.05, 0.1) is 0 Å². The van der Waals surface area contributed by atoms with E-state index in [4.69, 9.17) is 0 Å². The highest BCUT2D eigenvalue weighted by Crippen LogP contribution is 2.17. The van der Waals surface area contributed by atoms with Crippen molar-refractivity contribution in [1.29, 1.82) is 0 Å². The third kappa shape index (κ3) is 5.25. The molecule has 0 bridgehead atoms. The fourth-order valence-corrected chi connectivity index (χ4v) is 2.84. The van der Waals surface area contributed by atoms with E-state index < -0.39 is 0 Å². The average Bonchev–Trinajstić information content (AvgIpc) is 2.34. The molecule has 3 nitrogen and oxygen atoms in total. The molecule has 1 N–H and O–H groups in total. The lowest BCUT2D eigenvalue weighted by Gasteiger charge is -2.39. The molecule has 0 aliphatic carbocycles. The summed E-state index contributed by atoms with van der Waals surface area (Å²) in [5.41, 5.74) is 0. The van der Waals surface area contributed by atoms with Crippen LogP contribution in [0.2, 0.25) is 0 Å². The van der Waals surface area contributed by atoms with E-state index in [-0.39, 0.29) is 0 Å². The average molecular weight is 255 g/mol. The van der Waals surface area contributed by atoms with Gasteiger partial charge in [0, 0.05) is 18.6 Å². The van der Waals surface area contributed by atoms with E-state index in [1.807, 2.05) is 0 Å². The molecule has 0 amide bonds. The lowest BCUT2D eigenvalue weighted by atomic mass is 10.0. The number of nitrogens with one attached hydrogen (secondary N) is 1. The second-order valence-corrected chi connectivity index (χ2v) is 6.34. The standard InChI is InChI=1S/C15H33N3/c1-6-14(12-16-11-13(2)3)18-9-7-15(8-10-18)17(4)5/h13-16H,6-12H2,1-5H3. The van der Waals surface area contributed by atoms with E-state index in [2.05, 4.69) is 50.0 Å². The van der Waals surface area contributed by atoms with Crippen molar-refractivity contribution >= 4 is 0 Å². The lowest BCUT2D eigenvalue weighted by molar-refractivity contribution is 0.105. The van der Waals surface area contributed by atoms with Crippen molar-refractivity contribution in [2.45, 2.75) is 52.1 Å². The number of nitrogens with zero attached hydrogens (tertiary/aromatic N) is 2. The van der Waals surface area contributed by atoms with Crippen LogP contribution >= 0.6 is 0 Å². The molecule has 1 aliphatic rings. The molecule has 0 saturated carbocycles. The Labute approximate surface area is 114 Å². The molecule has 1 aliphatic heterocycles. The molecule has 3 heteroatoms. The number of hydrogen-bond donors (Lipinski definition) is 1. The Kier molecular flexibility index (Phi) is 7.20. The van der Waals surface area contributed by atoms with Gasteiger partial charge < -0.3 is 10.2 Å². The fraction of sp³-hybridized carbons (Fsp3) is 1.00. The molecule has 1 atom stereocenters. The van der Waals surface area contributed by atoms with Crippen LogP contribution in [-0.2, 0) is 0 Å². The second kappa shape index (κ2) is 8.13. The van der Waals surface area contributed by atoms with Crippen LogP contribution in [0.3, 0.4) is 0 Å². The Balaban J connectivity index is 2.29. The van der Waals surface area contributed by atoms with Gasteiger partial charge in [-0.25, -0.2) is 0 Å². The summed E-state index contributed by atoms with van der Waals surface area (Å²) in [6.07, 6.45) is 3.92. The molecule has 18 heavy (non-hydrogen) atoms. The molecular formula is C15H33N3. The monoisotopic (exact) mass is 255 g/mol. The summed E-state index contributed by atoms with van der Waals surface area (Å²) >= 11 is 0. The minimum Gasteiger partial charge on any atom is -0.315 e. The summed E-state index contributed by atoms with van der Waals surface area (Å²) in [5, 5.41) is 3.62. The van der Waals surface area contributed by atoms with E-state index in [0.717, 1.165) is 31.1 Å². The van der Waals surface area contributed by atoms with Crippen LogP contribution in [0.5, 0.6) is 0 Å². The third-order valence-electron chi connectivity index (χ3n) is 4.15. The maximum atomic E-state index is 3.62. The van der Waals surface area contributed by atoms with Gasteiger partial charge in [-0.2, -0.15) is 0 Å². The van der Waals surface area contributed by atoms with E-state index in [0.29, 0.717) is 0 Å². The molecule has 0 radical (unpaired) electrons. The first-order chi connectivity index (χ1) is 8.54. The summed E-state index contributed by atoms with van der Waals surface area (Å²) in [6.45, 7) is 11.7. The van der Waals surface area contributed by atoms with Crippen molar-refractivity contribution in [3.8, 4) is 0 Å². The van der Waals surface area contributed by atoms with Crippen LogP contribution < -0.4 is 5.32 Å². The van der Waals surface area contributed by atoms with Crippen molar-refractivity contribution in [2.75, 3.05) is 40.3 Å². The van der Waals surface area contributed by atoms with Crippen LogP contribution in [0.4, 0.5) is 0 Å². The van der Waals surface area contributed by atoms with Crippen molar-refractivity contribution in [3.05, 3.63) is 0 Å². The minimum atomic E-state index is 0.729. The molecule has 0 aromatic carbocycles. The van der Waals surface area contributed by atoms with Crippen molar-refractivity contribution in [1.82, 2.24) is 15.1 Å². The minimum absolute atomic E-state index is 0.729. The van der Waals surface area contributed by atoms with Gasteiger partial charge in [-0.3, -0.25) is 4.90 Å². The third-order valence-corrected chi connectivity index (χ3v) is 4.15. The first kappa shape index (κ1) is 15.9. The molecule has 1 unspecified atom stereocenters. The normalized spacial score (nSPS) is 20.8. The molecule has 1 saturated heterocycles. The van der Waals surface area contributed by atoms with Gasteiger partial charge in [0.25, 0.3) is 0 Å². The summed E-state index contributed by atoms with van der Waals surface area (Å²) in [6, 6.07) is 1.52. The quantitative estimate of drug-likeness (QED) is 0.751.